The minimum atomic E-state index is -0.0489. The lowest BCUT2D eigenvalue weighted by atomic mass is 10.0. The summed E-state index contributed by atoms with van der Waals surface area (Å²) in [4.78, 5) is 15.3. The molecule has 1 N–H and O–H groups in total. The van der Waals surface area contributed by atoms with Gasteiger partial charge in [-0.3, -0.25) is 4.79 Å². The van der Waals surface area contributed by atoms with Gasteiger partial charge in [0.2, 0.25) is 0 Å². The predicted molar refractivity (Wildman–Crippen MR) is 110 cm³/mol. The number of carbonyl (C=O) groups is 1. The molecule has 1 saturated heterocycles. The third kappa shape index (κ3) is 4.90. The van der Waals surface area contributed by atoms with Crippen molar-refractivity contribution in [1.82, 2.24) is 20.0 Å². The van der Waals surface area contributed by atoms with Crippen LogP contribution < -0.4 is 5.32 Å². The van der Waals surface area contributed by atoms with Gasteiger partial charge in [0.25, 0.3) is 5.91 Å². The normalized spacial score (nSPS) is 16.0. The molecule has 27 heavy (non-hydrogen) atoms. The number of rotatable bonds is 7. The van der Waals surface area contributed by atoms with Gasteiger partial charge in [-0.1, -0.05) is 32.4 Å². The first kappa shape index (κ1) is 19.9. The fraction of sp³-hybridized carbons (Fsp3) is 0.524. The van der Waals surface area contributed by atoms with Crippen LogP contribution in [0.3, 0.4) is 0 Å². The highest BCUT2D eigenvalue weighted by molar-refractivity contribution is 6.30. The molecule has 0 radical (unpaired) electrons. The lowest BCUT2D eigenvalue weighted by Gasteiger charge is -2.20. The van der Waals surface area contributed by atoms with Crippen molar-refractivity contribution in [2.75, 3.05) is 26.2 Å². The first-order valence-electron chi connectivity index (χ1n) is 9.80. The van der Waals surface area contributed by atoms with Crippen LogP contribution in [0, 0.1) is 5.92 Å². The Hall–Kier alpha value is -1.85. The molecule has 2 heterocycles. The number of nitrogens with zero attached hydrogens (tertiary/aromatic N) is 3. The van der Waals surface area contributed by atoms with Crippen molar-refractivity contribution in [3.05, 3.63) is 46.7 Å². The summed E-state index contributed by atoms with van der Waals surface area (Å²) in [5.41, 5.74) is 2.47. The van der Waals surface area contributed by atoms with Crippen LogP contribution in [0.5, 0.6) is 0 Å². The molecule has 0 bridgehead atoms. The molecule has 1 aliphatic heterocycles. The Morgan fingerprint density at radius 1 is 1.19 bits per heavy atom. The maximum absolute atomic E-state index is 12.8. The van der Waals surface area contributed by atoms with Gasteiger partial charge in [-0.15, -0.1) is 0 Å². The fourth-order valence-electron chi connectivity index (χ4n) is 3.71. The molecule has 2 aromatic rings. The van der Waals surface area contributed by atoms with Crippen LogP contribution in [0.25, 0.3) is 5.69 Å². The Morgan fingerprint density at radius 2 is 1.85 bits per heavy atom. The van der Waals surface area contributed by atoms with E-state index in [4.69, 9.17) is 11.6 Å². The highest BCUT2D eigenvalue weighted by Crippen LogP contribution is 2.24. The number of likely N-dealkylation sites (tertiary alicyclic amines) is 1. The quantitative estimate of drug-likeness (QED) is 0.776. The number of hydrogen-bond donors (Lipinski definition) is 1. The van der Waals surface area contributed by atoms with Gasteiger partial charge in [0, 0.05) is 18.1 Å². The van der Waals surface area contributed by atoms with Crippen LogP contribution in [0.1, 0.15) is 55.6 Å². The van der Waals surface area contributed by atoms with E-state index in [-0.39, 0.29) is 11.8 Å². The zero-order chi connectivity index (χ0) is 19.4. The Bertz CT molecular complexity index is 763. The first-order chi connectivity index (χ1) is 13.0. The first-order valence-corrected chi connectivity index (χ1v) is 10.2. The average Bonchev–Trinajstić information content (AvgIpc) is 3.30. The number of hydrogen-bond acceptors (Lipinski definition) is 3. The predicted octanol–water partition coefficient (Wildman–Crippen LogP) is 4.11. The molecule has 1 aromatic heterocycles. The van der Waals surface area contributed by atoms with Crippen LogP contribution in [-0.4, -0.2) is 46.8 Å². The number of amides is 1. The molecule has 1 aliphatic rings. The lowest BCUT2D eigenvalue weighted by Crippen LogP contribution is -2.34. The minimum absolute atomic E-state index is 0.0489. The van der Waals surface area contributed by atoms with E-state index in [2.05, 4.69) is 36.1 Å². The topological polar surface area (TPSA) is 50.2 Å². The maximum atomic E-state index is 12.8. The highest BCUT2D eigenvalue weighted by atomic mass is 35.5. The monoisotopic (exact) mass is 388 g/mol. The summed E-state index contributed by atoms with van der Waals surface area (Å²) < 4.78 is 1.84. The van der Waals surface area contributed by atoms with E-state index < -0.39 is 0 Å². The molecule has 6 heteroatoms. The lowest BCUT2D eigenvalue weighted by molar-refractivity contribution is 0.0943. The van der Waals surface area contributed by atoms with E-state index in [1.165, 1.54) is 25.9 Å². The van der Waals surface area contributed by atoms with Crippen LogP contribution in [0.2, 0.25) is 5.02 Å². The molecule has 3 rings (SSSR count). The van der Waals surface area contributed by atoms with Crippen molar-refractivity contribution >= 4 is 17.5 Å². The number of aromatic nitrogens is 2. The van der Waals surface area contributed by atoms with Gasteiger partial charge in [0.15, 0.2) is 0 Å². The van der Waals surface area contributed by atoms with Crippen molar-refractivity contribution in [1.29, 1.82) is 0 Å². The van der Waals surface area contributed by atoms with Crippen LogP contribution in [-0.2, 0) is 0 Å². The Morgan fingerprint density at radius 3 is 2.48 bits per heavy atom. The third-order valence-corrected chi connectivity index (χ3v) is 5.30. The van der Waals surface area contributed by atoms with Crippen molar-refractivity contribution < 1.29 is 4.79 Å². The zero-order valence-electron chi connectivity index (χ0n) is 16.4. The maximum Gasteiger partial charge on any atom is 0.254 e. The number of halogens is 1. The van der Waals surface area contributed by atoms with Crippen LogP contribution in [0.4, 0.5) is 0 Å². The van der Waals surface area contributed by atoms with E-state index in [1.807, 2.05) is 28.9 Å². The molecular formula is C21H29ClN4O. The van der Waals surface area contributed by atoms with Gasteiger partial charge in [0.1, 0.15) is 0 Å². The van der Waals surface area contributed by atoms with Crippen molar-refractivity contribution in [2.24, 2.45) is 5.92 Å². The van der Waals surface area contributed by atoms with Gasteiger partial charge >= 0.3 is 0 Å². The largest absolute Gasteiger partial charge is 0.352 e. The van der Waals surface area contributed by atoms with Gasteiger partial charge in [-0.05, 0) is 62.0 Å². The molecule has 1 aromatic carbocycles. The van der Waals surface area contributed by atoms with E-state index in [0.29, 0.717) is 23.0 Å². The third-order valence-electron chi connectivity index (χ3n) is 5.05. The zero-order valence-corrected chi connectivity index (χ0v) is 17.2. The Labute approximate surface area is 166 Å². The summed E-state index contributed by atoms with van der Waals surface area (Å²) in [6, 6.07) is 7.51. The summed E-state index contributed by atoms with van der Waals surface area (Å²) in [5.74, 6) is 0.555. The molecule has 1 fully saturated rings. The minimum Gasteiger partial charge on any atom is -0.352 e. The molecule has 5 nitrogen and oxygen atoms in total. The summed E-state index contributed by atoms with van der Waals surface area (Å²) in [6.07, 6.45) is 4.26. The van der Waals surface area contributed by atoms with Crippen molar-refractivity contribution in [2.45, 2.75) is 39.5 Å². The Balaban J connectivity index is 1.69. The van der Waals surface area contributed by atoms with Gasteiger partial charge in [-0.2, -0.15) is 5.10 Å². The highest BCUT2D eigenvalue weighted by Gasteiger charge is 2.22. The molecule has 146 valence electrons. The van der Waals surface area contributed by atoms with Crippen LogP contribution in [0.15, 0.2) is 30.5 Å². The average molecular weight is 389 g/mol. The second-order valence-corrected chi connectivity index (χ2v) is 8.25. The summed E-state index contributed by atoms with van der Waals surface area (Å²) in [6.45, 7) is 10.4. The molecule has 0 saturated carbocycles. The summed E-state index contributed by atoms with van der Waals surface area (Å²) >= 11 is 5.99. The SMILES string of the molecule is CC(CNC(=O)c1cnn(-c2ccc(Cl)cc2)c1C(C)C)CN1CCCC1. The van der Waals surface area contributed by atoms with Gasteiger partial charge in [-0.25, -0.2) is 4.68 Å². The second-order valence-electron chi connectivity index (χ2n) is 7.81. The van der Waals surface area contributed by atoms with E-state index in [1.54, 1.807) is 6.20 Å². The smallest absolute Gasteiger partial charge is 0.254 e. The fourth-order valence-corrected chi connectivity index (χ4v) is 3.84. The van der Waals surface area contributed by atoms with E-state index >= 15 is 0 Å². The van der Waals surface area contributed by atoms with Crippen molar-refractivity contribution in [3.63, 3.8) is 0 Å². The second kappa shape index (κ2) is 8.89. The molecule has 0 spiro atoms. The summed E-state index contributed by atoms with van der Waals surface area (Å²) in [5, 5.41) is 8.26. The van der Waals surface area contributed by atoms with Gasteiger partial charge < -0.3 is 10.2 Å². The van der Waals surface area contributed by atoms with Crippen molar-refractivity contribution in [3.8, 4) is 5.69 Å². The standard InChI is InChI=1S/C21H29ClN4O/c1-15(2)20-19(13-24-26(20)18-8-6-17(22)7-9-18)21(27)23-12-16(3)14-25-10-4-5-11-25/h6-9,13,15-16H,4-5,10-12,14H2,1-3H3,(H,23,27). The van der Waals surface area contributed by atoms with E-state index in [9.17, 15) is 4.79 Å². The molecular weight excluding hydrogens is 360 g/mol. The number of benzene rings is 1. The van der Waals surface area contributed by atoms with E-state index in [0.717, 1.165) is 17.9 Å². The Kier molecular flexibility index (Phi) is 6.55. The number of nitrogens with one attached hydrogen (secondary N) is 1. The number of carbonyl (C=O) groups excluding carboxylic acids is 1. The molecule has 1 amide bonds. The molecule has 1 atom stereocenters. The van der Waals surface area contributed by atoms with Crippen LogP contribution >= 0.6 is 11.6 Å². The molecule has 0 aliphatic carbocycles. The summed E-state index contributed by atoms with van der Waals surface area (Å²) in [7, 11) is 0. The molecule has 1 unspecified atom stereocenters. The van der Waals surface area contributed by atoms with Gasteiger partial charge in [0.05, 0.1) is 23.1 Å².